The van der Waals surface area contributed by atoms with Crippen molar-refractivity contribution >= 4 is 10.0 Å². The van der Waals surface area contributed by atoms with Gasteiger partial charge in [0.15, 0.2) is 0 Å². The second kappa shape index (κ2) is 6.83. The molecule has 0 bridgehead atoms. The lowest BCUT2D eigenvalue weighted by Gasteiger charge is -2.17. The van der Waals surface area contributed by atoms with Crippen molar-refractivity contribution < 1.29 is 17.5 Å². The van der Waals surface area contributed by atoms with Gasteiger partial charge in [-0.15, -0.1) is 0 Å². The van der Waals surface area contributed by atoms with Crippen molar-refractivity contribution in [3.05, 3.63) is 29.6 Å². The highest BCUT2D eigenvalue weighted by molar-refractivity contribution is 7.89. The molecule has 0 saturated carbocycles. The predicted molar refractivity (Wildman–Crippen MR) is 77.9 cm³/mol. The number of rotatable bonds is 6. The number of benzene rings is 1. The number of hydrogen-bond acceptors (Lipinski definition) is 4. The molecule has 0 aliphatic carbocycles. The minimum absolute atomic E-state index is 0.174. The number of methoxy groups -OCH3 is 1. The first-order valence-corrected chi connectivity index (χ1v) is 8.35. The van der Waals surface area contributed by atoms with E-state index in [2.05, 4.69) is 5.32 Å². The molecule has 21 heavy (non-hydrogen) atoms. The van der Waals surface area contributed by atoms with Crippen molar-refractivity contribution in [2.45, 2.75) is 17.9 Å². The molecule has 0 radical (unpaired) electrons. The van der Waals surface area contributed by atoms with E-state index in [1.165, 1.54) is 16.4 Å². The van der Waals surface area contributed by atoms with E-state index in [1.807, 2.05) is 0 Å². The smallest absolute Gasteiger partial charge is 0.246 e. The first-order valence-electron chi connectivity index (χ1n) is 6.91. The number of nitrogens with zero attached hydrogens (tertiary/aromatic N) is 1. The van der Waals surface area contributed by atoms with Crippen LogP contribution >= 0.6 is 0 Å². The average molecular weight is 316 g/mol. The molecular formula is C14H21FN2O3S. The molecule has 0 spiro atoms. The fraction of sp³-hybridized carbons (Fsp3) is 0.571. The van der Waals surface area contributed by atoms with Crippen molar-refractivity contribution in [1.82, 2.24) is 9.62 Å². The average Bonchev–Trinajstić information content (AvgIpc) is 2.91. The van der Waals surface area contributed by atoms with Gasteiger partial charge in [0.1, 0.15) is 10.7 Å². The summed E-state index contributed by atoms with van der Waals surface area (Å²) in [6.07, 6.45) is 0.741. The van der Waals surface area contributed by atoms with Gasteiger partial charge in [0.05, 0.1) is 6.61 Å². The molecule has 1 saturated heterocycles. The summed E-state index contributed by atoms with van der Waals surface area (Å²) in [5.41, 5.74) is 0.741. The Hall–Kier alpha value is -1.02. The highest BCUT2D eigenvalue weighted by Gasteiger charge is 2.34. The zero-order chi connectivity index (χ0) is 15.5. The minimum Gasteiger partial charge on any atom is -0.384 e. The number of ether oxygens (including phenoxy) is 1. The molecule has 1 unspecified atom stereocenters. The van der Waals surface area contributed by atoms with Crippen LogP contribution in [0.2, 0.25) is 0 Å². The first-order chi connectivity index (χ1) is 9.98. The maximum atomic E-state index is 14.0. The molecule has 1 atom stereocenters. The molecule has 5 nitrogen and oxygen atoms in total. The van der Waals surface area contributed by atoms with E-state index in [9.17, 15) is 12.8 Å². The number of hydrogen-bond donors (Lipinski definition) is 1. The van der Waals surface area contributed by atoms with E-state index >= 15 is 0 Å². The highest BCUT2D eigenvalue weighted by Crippen LogP contribution is 2.26. The van der Waals surface area contributed by atoms with Gasteiger partial charge in [-0.3, -0.25) is 0 Å². The van der Waals surface area contributed by atoms with Crippen LogP contribution in [0.4, 0.5) is 4.39 Å². The van der Waals surface area contributed by atoms with E-state index in [-0.39, 0.29) is 10.8 Å². The van der Waals surface area contributed by atoms with Gasteiger partial charge >= 0.3 is 0 Å². The van der Waals surface area contributed by atoms with Crippen LogP contribution in [0.1, 0.15) is 12.0 Å². The zero-order valence-electron chi connectivity index (χ0n) is 12.3. The summed E-state index contributed by atoms with van der Waals surface area (Å²) >= 11 is 0. The van der Waals surface area contributed by atoms with Crippen LogP contribution in [-0.4, -0.2) is 46.6 Å². The van der Waals surface area contributed by atoms with Crippen LogP contribution in [0.15, 0.2) is 23.1 Å². The lowest BCUT2D eigenvalue weighted by atomic mass is 10.1. The quantitative estimate of drug-likeness (QED) is 0.857. The van der Waals surface area contributed by atoms with Gasteiger partial charge < -0.3 is 10.1 Å². The van der Waals surface area contributed by atoms with E-state index in [0.29, 0.717) is 26.2 Å². The van der Waals surface area contributed by atoms with Crippen molar-refractivity contribution in [2.24, 2.45) is 5.92 Å². The lowest BCUT2D eigenvalue weighted by molar-refractivity contribution is 0.157. The van der Waals surface area contributed by atoms with Crippen molar-refractivity contribution in [3.63, 3.8) is 0 Å². The van der Waals surface area contributed by atoms with Crippen LogP contribution < -0.4 is 5.32 Å². The third kappa shape index (κ3) is 3.60. The van der Waals surface area contributed by atoms with E-state index < -0.39 is 15.8 Å². The maximum absolute atomic E-state index is 14.0. The van der Waals surface area contributed by atoms with Crippen LogP contribution in [0.3, 0.4) is 0 Å². The maximum Gasteiger partial charge on any atom is 0.246 e. The standard InChI is InChI=1S/C14H21FN2O3S/c1-16-8-11-3-4-13(15)14(7-11)21(18,19)17-6-5-12(9-17)10-20-2/h3-4,7,12,16H,5-6,8-10H2,1-2H3. The van der Waals surface area contributed by atoms with Gasteiger partial charge in [-0.2, -0.15) is 4.31 Å². The Morgan fingerprint density at radius 2 is 2.24 bits per heavy atom. The van der Waals surface area contributed by atoms with E-state index in [1.54, 1.807) is 20.2 Å². The molecule has 2 rings (SSSR count). The monoisotopic (exact) mass is 316 g/mol. The first kappa shape index (κ1) is 16.4. The molecule has 118 valence electrons. The molecule has 7 heteroatoms. The Labute approximate surface area is 125 Å². The summed E-state index contributed by atoms with van der Waals surface area (Å²) in [5, 5.41) is 2.93. The summed E-state index contributed by atoms with van der Waals surface area (Å²) in [6, 6.07) is 4.20. The Balaban J connectivity index is 2.25. The summed E-state index contributed by atoms with van der Waals surface area (Å²) in [4.78, 5) is -0.242. The fourth-order valence-electron chi connectivity index (χ4n) is 2.59. The van der Waals surface area contributed by atoms with Gasteiger partial charge in [0, 0.05) is 26.7 Å². The highest BCUT2D eigenvalue weighted by atomic mass is 32.2. The summed E-state index contributed by atoms with van der Waals surface area (Å²) < 4.78 is 45.5. The molecule has 1 aliphatic heterocycles. The fourth-order valence-corrected chi connectivity index (χ4v) is 4.23. The molecule has 0 amide bonds. The number of halogens is 1. The van der Waals surface area contributed by atoms with Gasteiger partial charge in [-0.1, -0.05) is 6.07 Å². The lowest BCUT2D eigenvalue weighted by Crippen LogP contribution is -2.30. The van der Waals surface area contributed by atoms with Gasteiger partial charge in [0.2, 0.25) is 10.0 Å². The van der Waals surface area contributed by atoms with Crippen LogP contribution in [0, 0.1) is 11.7 Å². The predicted octanol–water partition coefficient (Wildman–Crippen LogP) is 1.20. The molecule has 1 fully saturated rings. The Morgan fingerprint density at radius 3 is 2.90 bits per heavy atom. The van der Waals surface area contributed by atoms with Gasteiger partial charge in [-0.05, 0) is 37.1 Å². The molecule has 1 aromatic carbocycles. The van der Waals surface area contributed by atoms with Crippen LogP contribution in [-0.2, 0) is 21.3 Å². The molecular weight excluding hydrogens is 295 g/mol. The van der Waals surface area contributed by atoms with E-state index in [4.69, 9.17) is 4.74 Å². The summed E-state index contributed by atoms with van der Waals surface area (Å²) in [6.45, 7) is 1.81. The second-order valence-corrected chi connectivity index (χ2v) is 7.17. The second-order valence-electron chi connectivity index (χ2n) is 5.27. The molecule has 1 aromatic rings. The molecule has 1 N–H and O–H groups in total. The van der Waals surface area contributed by atoms with Crippen molar-refractivity contribution in [3.8, 4) is 0 Å². The number of sulfonamides is 1. The van der Waals surface area contributed by atoms with Crippen LogP contribution in [0.25, 0.3) is 0 Å². The normalized spacial score (nSPS) is 20.0. The Bertz CT molecular complexity index is 592. The molecule has 1 aliphatic rings. The summed E-state index contributed by atoms with van der Waals surface area (Å²) in [5.74, 6) is -0.529. The number of nitrogens with one attached hydrogen (secondary N) is 1. The largest absolute Gasteiger partial charge is 0.384 e. The third-order valence-corrected chi connectivity index (χ3v) is 5.53. The Kier molecular flexibility index (Phi) is 5.32. The summed E-state index contributed by atoms with van der Waals surface area (Å²) in [7, 11) is -0.434. The van der Waals surface area contributed by atoms with Crippen LogP contribution in [0.5, 0.6) is 0 Å². The SMILES string of the molecule is CNCc1ccc(F)c(S(=O)(=O)N2CCC(COC)C2)c1. The topological polar surface area (TPSA) is 58.6 Å². The van der Waals surface area contributed by atoms with Crippen molar-refractivity contribution in [2.75, 3.05) is 33.9 Å². The van der Waals surface area contributed by atoms with Crippen molar-refractivity contribution in [1.29, 1.82) is 0 Å². The van der Waals surface area contributed by atoms with Gasteiger partial charge in [0.25, 0.3) is 0 Å². The minimum atomic E-state index is -3.79. The zero-order valence-corrected chi connectivity index (χ0v) is 13.1. The Morgan fingerprint density at radius 1 is 1.48 bits per heavy atom. The van der Waals surface area contributed by atoms with E-state index in [0.717, 1.165) is 12.0 Å². The third-order valence-electron chi connectivity index (χ3n) is 3.65. The molecule has 1 heterocycles. The molecule has 0 aromatic heterocycles. The van der Waals surface area contributed by atoms with Gasteiger partial charge in [-0.25, -0.2) is 12.8 Å².